The standard InChI is InChI=1S/C14H17F3N4O/c1-7-6-10-11(18-7)20-13(14(15,16)17)21-12(10)19-8-2-4-9(22)5-3-8/h6,8-9,22H,2-5H2,1H3,(H2,18,19,20,21). The minimum Gasteiger partial charge on any atom is -0.393 e. The third-order valence-corrected chi connectivity index (χ3v) is 3.91. The number of aliphatic hydroxyl groups excluding tert-OH is 1. The second-order valence-electron chi connectivity index (χ2n) is 5.76. The predicted octanol–water partition coefficient (Wildman–Crippen LogP) is 3.00. The van der Waals surface area contributed by atoms with Crippen LogP contribution in [0.1, 0.15) is 37.2 Å². The minimum absolute atomic E-state index is 0.0118. The van der Waals surface area contributed by atoms with Gasteiger partial charge in [-0.1, -0.05) is 0 Å². The van der Waals surface area contributed by atoms with Gasteiger partial charge >= 0.3 is 6.18 Å². The summed E-state index contributed by atoms with van der Waals surface area (Å²) in [5.41, 5.74) is 0.906. The number of hydrogen-bond acceptors (Lipinski definition) is 4. The van der Waals surface area contributed by atoms with E-state index in [0.29, 0.717) is 31.1 Å². The number of hydrogen-bond donors (Lipinski definition) is 3. The van der Waals surface area contributed by atoms with Crippen LogP contribution in [0.25, 0.3) is 11.0 Å². The van der Waals surface area contributed by atoms with E-state index in [1.165, 1.54) is 0 Å². The van der Waals surface area contributed by atoms with Gasteiger partial charge in [-0.2, -0.15) is 13.2 Å². The van der Waals surface area contributed by atoms with Crippen LogP contribution in [0.3, 0.4) is 0 Å². The zero-order chi connectivity index (χ0) is 15.9. The van der Waals surface area contributed by atoms with Crippen LogP contribution in [0.4, 0.5) is 19.0 Å². The molecule has 1 aliphatic rings. The van der Waals surface area contributed by atoms with Crippen LogP contribution < -0.4 is 5.32 Å². The average Bonchev–Trinajstić information content (AvgIpc) is 2.81. The first-order valence-corrected chi connectivity index (χ1v) is 7.22. The second-order valence-corrected chi connectivity index (χ2v) is 5.76. The molecule has 22 heavy (non-hydrogen) atoms. The lowest BCUT2D eigenvalue weighted by Crippen LogP contribution is -2.29. The molecule has 1 fully saturated rings. The number of nitrogens with zero attached hydrogens (tertiary/aromatic N) is 2. The fourth-order valence-corrected chi connectivity index (χ4v) is 2.79. The summed E-state index contributed by atoms with van der Waals surface area (Å²) in [4.78, 5) is 10.1. The number of alkyl halides is 3. The summed E-state index contributed by atoms with van der Waals surface area (Å²) in [6.07, 6.45) is -2.21. The first-order chi connectivity index (χ1) is 10.3. The molecule has 1 saturated carbocycles. The molecule has 0 atom stereocenters. The van der Waals surface area contributed by atoms with Crippen LogP contribution in [0, 0.1) is 6.92 Å². The van der Waals surface area contributed by atoms with Crippen LogP contribution >= 0.6 is 0 Å². The van der Waals surface area contributed by atoms with E-state index in [-0.39, 0.29) is 23.6 Å². The molecule has 0 radical (unpaired) electrons. The van der Waals surface area contributed by atoms with Gasteiger partial charge in [-0.25, -0.2) is 9.97 Å². The molecule has 0 aliphatic heterocycles. The Kier molecular flexibility index (Phi) is 3.72. The van der Waals surface area contributed by atoms with E-state index >= 15 is 0 Å². The number of aryl methyl sites for hydroxylation is 1. The molecule has 0 amide bonds. The van der Waals surface area contributed by atoms with Crippen molar-refractivity contribution >= 4 is 16.9 Å². The number of nitrogens with one attached hydrogen (secondary N) is 2. The Balaban J connectivity index is 1.96. The molecule has 3 rings (SSSR count). The van der Waals surface area contributed by atoms with Crippen molar-refractivity contribution < 1.29 is 18.3 Å². The van der Waals surface area contributed by atoms with E-state index in [2.05, 4.69) is 20.3 Å². The molecule has 1 aliphatic carbocycles. The maximum atomic E-state index is 12.9. The zero-order valence-corrected chi connectivity index (χ0v) is 12.0. The lowest BCUT2D eigenvalue weighted by Gasteiger charge is -2.26. The highest BCUT2D eigenvalue weighted by Crippen LogP contribution is 2.31. The van der Waals surface area contributed by atoms with E-state index < -0.39 is 12.0 Å². The monoisotopic (exact) mass is 314 g/mol. The van der Waals surface area contributed by atoms with Crippen molar-refractivity contribution in [3.8, 4) is 0 Å². The van der Waals surface area contributed by atoms with E-state index in [1.807, 2.05) is 0 Å². The van der Waals surface area contributed by atoms with Gasteiger partial charge in [-0.15, -0.1) is 0 Å². The molecule has 2 aromatic heterocycles. The Labute approximate surface area is 125 Å². The summed E-state index contributed by atoms with van der Waals surface area (Å²) in [5, 5.41) is 13.2. The minimum atomic E-state index is -4.59. The van der Waals surface area contributed by atoms with Gasteiger partial charge in [0.25, 0.3) is 0 Å². The molecular formula is C14H17F3N4O. The number of halogens is 3. The SMILES string of the molecule is Cc1cc2c(NC3CCC(O)CC3)nc(C(F)(F)F)nc2[nH]1. The molecule has 120 valence electrons. The van der Waals surface area contributed by atoms with Crippen molar-refractivity contribution in [3.63, 3.8) is 0 Å². The molecule has 0 spiro atoms. The summed E-state index contributed by atoms with van der Waals surface area (Å²) < 4.78 is 38.8. The zero-order valence-electron chi connectivity index (χ0n) is 12.0. The molecule has 0 saturated heterocycles. The van der Waals surface area contributed by atoms with Crippen molar-refractivity contribution in [2.75, 3.05) is 5.32 Å². The molecular weight excluding hydrogens is 297 g/mol. The van der Waals surface area contributed by atoms with Gasteiger partial charge in [0.1, 0.15) is 11.5 Å². The Morgan fingerprint density at radius 2 is 1.91 bits per heavy atom. The first kappa shape index (κ1) is 15.1. The van der Waals surface area contributed by atoms with Crippen LogP contribution in [-0.2, 0) is 6.18 Å². The summed E-state index contributed by atoms with van der Waals surface area (Å²) in [5.74, 6) is -0.955. The molecule has 2 heterocycles. The topological polar surface area (TPSA) is 73.8 Å². The van der Waals surface area contributed by atoms with Gasteiger partial charge in [0.05, 0.1) is 11.5 Å². The Hall–Kier alpha value is -1.83. The summed E-state index contributed by atoms with van der Waals surface area (Å²) in [7, 11) is 0. The number of anilines is 1. The smallest absolute Gasteiger partial charge is 0.393 e. The molecule has 0 unspecified atom stereocenters. The van der Waals surface area contributed by atoms with E-state index in [1.54, 1.807) is 13.0 Å². The van der Waals surface area contributed by atoms with Crippen molar-refractivity contribution in [1.29, 1.82) is 0 Å². The lowest BCUT2D eigenvalue weighted by molar-refractivity contribution is -0.144. The molecule has 8 heteroatoms. The number of aromatic nitrogens is 3. The van der Waals surface area contributed by atoms with Crippen LogP contribution in [0.5, 0.6) is 0 Å². The third kappa shape index (κ3) is 3.01. The van der Waals surface area contributed by atoms with Crippen molar-refractivity contribution in [2.45, 2.75) is 50.9 Å². The normalized spacial score (nSPS) is 23.0. The lowest BCUT2D eigenvalue weighted by atomic mass is 9.93. The number of aliphatic hydroxyl groups is 1. The van der Waals surface area contributed by atoms with Crippen LogP contribution in [0.15, 0.2) is 6.07 Å². The number of aromatic amines is 1. The fourth-order valence-electron chi connectivity index (χ4n) is 2.79. The van der Waals surface area contributed by atoms with Gasteiger partial charge in [0.2, 0.25) is 5.82 Å². The van der Waals surface area contributed by atoms with Gasteiger partial charge in [0.15, 0.2) is 0 Å². The third-order valence-electron chi connectivity index (χ3n) is 3.91. The van der Waals surface area contributed by atoms with E-state index in [9.17, 15) is 18.3 Å². The second kappa shape index (κ2) is 5.42. The van der Waals surface area contributed by atoms with Gasteiger partial charge in [-0.05, 0) is 38.7 Å². The molecule has 0 bridgehead atoms. The Morgan fingerprint density at radius 3 is 2.55 bits per heavy atom. The Bertz CT molecular complexity index is 675. The molecule has 2 aromatic rings. The quantitative estimate of drug-likeness (QED) is 0.796. The van der Waals surface area contributed by atoms with Crippen LogP contribution in [0.2, 0.25) is 0 Å². The predicted molar refractivity (Wildman–Crippen MR) is 75.5 cm³/mol. The van der Waals surface area contributed by atoms with Crippen LogP contribution in [-0.4, -0.2) is 32.2 Å². The highest BCUT2D eigenvalue weighted by Gasteiger charge is 2.36. The largest absolute Gasteiger partial charge is 0.451 e. The van der Waals surface area contributed by atoms with E-state index in [0.717, 1.165) is 5.69 Å². The van der Waals surface area contributed by atoms with Gasteiger partial charge in [0, 0.05) is 11.7 Å². The molecule has 5 nitrogen and oxygen atoms in total. The number of rotatable bonds is 2. The van der Waals surface area contributed by atoms with Crippen molar-refractivity contribution in [1.82, 2.24) is 15.0 Å². The summed E-state index contributed by atoms with van der Waals surface area (Å²) >= 11 is 0. The van der Waals surface area contributed by atoms with Gasteiger partial charge in [-0.3, -0.25) is 0 Å². The average molecular weight is 314 g/mol. The van der Waals surface area contributed by atoms with E-state index in [4.69, 9.17) is 0 Å². The molecule has 0 aromatic carbocycles. The fraction of sp³-hybridized carbons (Fsp3) is 0.571. The first-order valence-electron chi connectivity index (χ1n) is 7.22. The summed E-state index contributed by atoms with van der Waals surface area (Å²) in [6.45, 7) is 1.76. The maximum Gasteiger partial charge on any atom is 0.451 e. The van der Waals surface area contributed by atoms with Gasteiger partial charge < -0.3 is 15.4 Å². The highest BCUT2D eigenvalue weighted by molar-refractivity contribution is 5.88. The van der Waals surface area contributed by atoms with Crippen molar-refractivity contribution in [2.24, 2.45) is 0 Å². The Morgan fingerprint density at radius 1 is 1.23 bits per heavy atom. The maximum absolute atomic E-state index is 12.9. The number of fused-ring (bicyclic) bond motifs is 1. The molecule has 3 N–H and O–H groups in total. The summed E-state index contributed by atoms with van der Waals surface area (Å²) in [6, 6.07) is 1.74. The van der Waals surface area contributed by atoms with Crippen molar-refractivity contribution in [3.05, 3.63) is 17.6 Å². The highest BCUT2D eigenvalue weighted by atomic mass is 19.4. The number of H-pyrrole nitrogens is 1.